The van der Waals surface area contributed by atoms with Crippen LogP contribution in [0.25, 0.3) is 0 Å². The van der Waals surface area contributed by atoms with Gasteiger partial charge in [0.1, 0.15) is 5.75 Å². The predicted octanol–water partition coefficient (Wildman–Crippen LogP) is 3.17. The van der Waals surface area contributed by atoms with Crippen LogP contribution >= 0.6 is 0 Å². The highest BCUT2D eigenvalue weighted by atomic mass is 16.5. The van der Waals surface area contributed by atoms with Gasteiger partial charge in [-0.2, -0.15) is 0 Å². The lowest BCUT2D eigenvalue weighted by atomic mass is 10.1. The third kappa shape index (κ3) is 4.66. The number of carbonyl (C=O) groups is 4. The lowest BCUT2D eigenvalue weighted by Crippen LogP contribution is -2.33. The van der Waals surface area contributed by atoms with Crippen molar-refractivity contribution in [3.8, 4) is 5.75 Å². The van der Waals surface area contributed by atoms with Gasteiger partial charge in [-0.1, -0.05) is 36.4 Å². The van der Waals surface area contributed by atoms with E-state index in [1.807, 2.05) is 43.3 Å². The Labute approximate surface area is 196 Å². The van der Waals surface area contributed by atoms with Crippen LogP contribution in [0.5, 0.6) is 5.75 Å². The highest BCUT2D eigenvalue weighted by Crippen LogP contribution is 2.26. The van der Waals surface area contributed by atoms with Crippen LogP contribution in [-0.4, -0.2) is 42.2 Å². The number of ether oxygens (including phenoxy) is 1. The van der Waals surface area contributed by atoms with Crippen molar-refractivity contribution in [2.45, 2.75) is 13.5 Å². The third-order valence-corrected chi connectivity index (χ3v) is 5.45. The van der Waals surface area contributed by atoms with E-state index in [-0.39, 0.29) is 29.8 Å². The van der Waals surface area contributed by atoms with Crippen LogP contribution in [0.3, 0.4) is 0 Å². The number of nitrogens with one attached hydrogen (secondary N) is 2. The van der Waals surface area contributed by atoms with E-state index in [1.54, 1.807) is 12.1 Å². The van der Waals surface area contributed by atoms with Gasteiger partial charge in [0.2, 0.25) is 5.91 Å². The number of benzene rings is 3. The molecule has 172 valence electrons. The van der Waals surface area contributed by atoms with Crippen molar-refractivity contribution in [2.24, 2.45) is 0 Å². The van der Waals surface area contributed by atoms with Gasteiger partial charge >= 0.3 is 0 Å². The van der Waals surface area contributed by atoms with Crippen molar-refractivity contribution in [3.05, 3.63) is 94.5 Å². The fourth-order valence-electron chi connectivity index (χ4n) is 3.72. The summed E-state index contributed by atoms with van der Waals surface area (Å²) in [4.78, 5) is 51.7. The first-order valence-electron chi connectivity index (χ1n) is 10.6. The SMILES string of the molecule is COc1ccc(C)cc1NC(=O)CNC(=O)c1ccc2c(c1)C(=O)N(Cc1ccccc1)C2=O. The van der Waals surface area contributed by atoms with E-state index in [0.29, 0.717) is 11.4 Å². The van der Waals surface area contributed by atoms with Crippen molar-refractivity contribution >= 4 is 29.3 Å². The largest absolute Gasteiger partial charge is 0.495 e. The van der Waals surface area contributed by atoms with Crippen LogP contribution in [0, 0.1) is 6.92 Å². The number of rotatable bonds is 7. The van der Waals surface area contributed by atoms with Gasteiger partial charge in [-0.25, -0.2) is 0 Å². The first-order valence-corrected chi connectivity index (χ1v) is 10.6. The Bertz CT molecular complexity index is 1290. The maximum atomic E-state index is 12.8. The molecule has 0 saturated heterocycles. The molecule has 8 heteroatoms. The van der Waals surface area contributed by atoms with Crippen LogP contribution in [-0.2, 0) is 11.3 Å². The number of amides is 4. The van der Waals surface area contributed by atoms with Gasteiger partial charge in [0, 0.05) is 5.56 Å². The lowest BCUT2D eigenvalue weighted by Gasteiger charge is -2.13. The molecule has 0 aliphatic carbocycles. The smallest absolute Gasteiger partial charge is 0.261 e. The number of hydrogen-bond donors (Lipinski definition) is 2. The summed E-state index contributed by atoms with van der Waals surface area (Å²) in [5.74, 6) is -1.31. The number of aryl methyl sites for hydroxylation is 1. The molecule has 4 amide bonds. The minimum Gasteiger partial charge on any atom is -0.495 e. The fourth-order valence-corrected chi connectivity index (χ4v) is 3.72. The van der Waals surface area contributed by atoms with E-state index in [1.165, 1.54) is 25.3 Å². The second-order valence-electron chi connectivity index (χ2n) is 7.88. The molecule has 3 aromatic rings. The Morgan fingerprint density at radius 2 is 1.65 bits per heavy atom. The molecule has 1 heterocycles. The van der Waals surface area contributed by atoms with Crippen LogP contribution in [0.4, 0.5) is 5.69 Å². The van der Waals surface area contributed by atoms with Gasteiger partial charge in [-0.15, -0.1) is 0 Å². The zero-order chi connectivity index (χ0) is 24.2. The van der Waals surface area contributed by atoms with E-state index >= 15 is 0 Å². The molecular weight excluding hydrogens is 434 g/mol. The van der Waals surface area contributed by atoms with Gasteiger partial charge in [0.25, 0.3) is 17.7 Å². The molecule has 0 atom stereocenters. The Morgan fingerprint density at radius 3 is 2.38 bits per heavy atom. The number of carbonyl (C=O) groups excluding carboxylic acids is 4. The summed E-state index contributed by atoms with van der Waals surface area (Å²) in [6, 6.07) is 18.9. The molecule has 4 rings (SSSR count). The molecule has 3 aromatic carbocycles. The van der Waals surface area contributed by atoms with E-state index in [0.717, 1.165) is 16.0 Å². The minimum absolute atomic E-state index is 0.150. The van der Waals surface area contributed by atoms with Gasteiger partial charge in [-0.3, -0.25) is 24.1 Å². The molecule has 1 aliphatic rings. The second-order valence-corrected chi connectivity index (χ2v) is 7.88. The summed E-state index contributed by atoms with van der Waals surface area (Å²) < 4.78 is 5.24. The number of imide groups is 1. The molecule has 0 aromatic heterocycles. The van der Waals surface area contributed by atoms with E-state index in [9.17, 15) is 19.2 Å². The van der Waals surface area contributed by atoms with Crippen LogP contribution in [0.1, 0.15) is 42.2 Å². The van der Waals surface area contributed by atoms with Crippen LogP contribution in [0.15, 0.2) is 66.7 Å². The standard InChI is InChI=1S/C26H23N3O5/c1-16-8-11-22(34-2)21(12-16)28-23(30)14-27-24(31)18-9-10-19-20(13-18)26(33)29(25(19)32)15-17-6-4-3-5-7-17/h3-13H,14-15H2,1-2H3,(H,27,31)(H,28,30). The van der Waals surface area contributed by atoms with Crippen molar-refractivity contribution < 1.29 is 23.9 Å². The zero-order valence-electron chi connectivity index (χ0n) is 18.8. The maximum absolute atomic E-state index is 12.8. The third-order valence-electron chi connectivity index (χ3n) is 5.45. The Hall–Kier alpha value is -4.46. The Kier molecular flexibility index (Phi) is 6.40. The second kappa shape index (κ2) is 9.58. The summed E-state index contributed by atoms with van der Waals surface area (Å²) in [5, 5.41) is 5.25. The molecule has 0 radical (unpaired) electrons. The number of methoxy groups -OCH3 is 1. The number of nitrogens with zero attached hydrogens (tertiary/aromatic N) is 1. The average Bonchev–Trinajstić information content (AvgIpc) is 3.07. The lowest BCUT2D eigenvalue weighted by molar-refractivity contribution is -0.115. The van der Waals surface area contributed by atoms with Crippen LogP contribution < -0.4 is 15.4 Å². The molecule has 1 aliphatic heterocycles. The van der Waals surface area contributed by atoms with Crippen molar-refractivity contribution in [1.29, 1.82) is 0 Å². The molecule has 0 bridgehead atoms. The Balaban J connectivity index is 1.41. The summed E-state index contributed by atoms with van der Waals surface area (Å²) >= 11 is 0. The molecule has 0 spiro atoms. The molecular formula is C26H23N3O5. The molecule has 8 nitrogen and oxygen atoms in total. The highest BCUT2D eigenvalue weighted by molar-refractivity contribution is 6.22. The van der Waals surface area contributed by atoms with E-state index in [2.05, 4.69) is 10.6 Å². The average molecular weight is 457 g/mol. The van der Waals surface area contributed by atoms with Crippen molar-refractivity contribution in [2.75, 3.05) is 19.0 Å². The molecule has 0 fully saturated rings. The zero-order valence-corrected chi connectivity index (χ0v) is 18.8. The number of anilines is 1. The van der Waals surface area contributed by atoms with E-state index in [4.69, 9.17) is 4.74 Å². The summed E-state index contributed by atoms with van der Waals surface area (Å²) in [7, 11) is 1.50. The number of fused-ring (bicyclic) bond motifs is 1. The summed E-state index contributed by atoms with van der Waals surface area (Å²) in [6.07, 6.45) is 0. The van der Waals surface area contributed by atoms with Crippen molar-refractivity contribution in [3.63, 3.8) is 0 Å². The van der Waals surface area contributed by atoms with Gasteiger partial charge in [0.15, 0.2) is 0 Å². The first kappa shape index (κ1) is 22.7. The van der Waals surface area contributed by atoms with E-state index < -0.39 is 23.6 Å². The van der Waals surface area contributed by atoms with Crippen molar-refractivity contribution in [1.82, 2.24) is 10.2 Å². The summed E-state index contributed by atoms with van der Waals surface area (Å²) in [6.45, 7) is 1.76. The quantitative estimate of drug-likeness (QED) is 0.531. The topological polar surface area (TPSA) is 105 Å². The molecule has 34 heavy (non-hydrogen) atoms. The highest BCUT2D eigenvalue weighted by Gasteiger charge is 2.36. The molecule has 2 N–H and O–H groups in total. The minimum atomic E-state index is -0.532. The summed E-state index contributed by atoms with van der Waals surface area (Å²) in [5.41, 5.74) is 2.87. The first-order chi connectivity index (χ1) is 16.4. The monoisotopic (exact) mass is 457 g/mol. The van der Waals surface area contributed by atoms with Crippen LogP contribution in [0.2, 0.25) is 0 Å². The normalized spacial score (nSPS) is 12.4. The number of hydrogen-bond acceptors (Lipinski definition) is 5. The Morgan fingerprint density at radius 1 is 0.912 bits per heavy atom. The van der Waals surface area contributed by atoms with Gasteiger partial charge in [0.05, 0.1) is 37.0 Å². The molecule has 0 unspecified atom stereocenters. The molecule has 0 saturated carbocycles. The fraction of sp³-hybridized carbons (Fsp3) is 0.154. The predicted molar refractivity (Wildman–Crippen MR) is 126 cm³/mol. The van der Waals surface area contributed by atoms with Gasteiger partial charge < -0.3 is 15.4 Å². The maximum Gasteiger partial charge on any atom is 0.261 e. The van der Waals surface area contributed by atoms with Gasteiger partial charge in [-0.05, 0) is 48.4 Å².